The van der Waals surface area contributed by atoms with E-state index in [1.165, 1.54) is 0 Å². The number of nitrogens with one attached hydrogen (secondary N) is 2. The Morgan fingerprint density at radius 3 is 2.70 bits per heavy atom. The highest BCUT2D eigenvalue weighted by Crippen LogP contribution is 2.32. The number of hydrogen-bond donors (Lipinski definition) is 4. The summed E-state index contributed by atoms with van der Waals surface area (Å²) in [6.45, 7) is 1.99. The minimum Gasteiger partial charge on any atom is -0.392 e. The molecular formula is C23H28ClN3O3. The largest absolute Gasteiger partial charge is 0.392 e. The van der Waals surface area contributed by atoms with Gasteiger partial charge in [0.1, 0.15) is 0 Å². The fraction of sp³-hybridized carbons (Fsp3) is 0.435. The summed E-state index contributed by atoms with van der Waals surface area (Å²) >= 11 is 6.00. The Morgan fingerprint density at radius 2 is 1.93 bits per heavy atom. The summed E-state index contributed by atoms with van der Waals surface area (Å²) in [6.07, 6.45) is 3.09. The molecular weight excluding hydrogens is 402 g/mol. The van der Waals surface area contributed by atoms with Crippen molar-refractivity contribution in [1.82, 2.24) is 4.90 Å². The molecule has 2 aliphatic rings. The molecule has 1 saturated heterocycles. The lowest BCUT2D eigenvalue weighted by molar-refractivity contribution is -0.117. The predicted octanol–water partition coefficient (Wildman–Crippen LogP) is 3.33. The van der Waals surface area contributed by atoms with Gasteiger partial charge in [0, 0.05) is 41.1 Å². The van der Waals surface area contributed by atoms with Crippen molar-refractivity contribution in [3.05, 3.63) is 58.1 Å². The van der Waals surface area contributed by atoms with Gasteiger partial charge in [-0.1, -0.05) is 17.7 Å². The molecule has 1 heterocycles. The molecule has 160 valence electrons. The number of carbonyl (C=O) groups excluding carboxylic acids is 1. The van der Waals surface area contributed by atoms with E-state index in [0.29, 0.717) is 17.6 Å². The van der Waals surface area contributed by atoms with E-state index in [-0.39, 0.29) is 18.6 Å². The Balaban J connectivity index is 1.25. The third kappa shape index (κ3) is 4.95. The molecule has 4 rings (SSSR count). The van der Waals surface area contributed by atoms with Crippen molar-refractivity contribution in [2.45, 2.75) is 44.4 Å². The van der Waals surface area contributed by atoms with Gasteiger partial charge >= 0.3 is 0 Å². The fourth-order valence-corrected chi connectivity index (χ4v) is 4.56. The van der Waals surface area contributed by atoms with Crippen molar-refractivity contribution < 1.29 is 15.0 Å². The van der Waals surface area contributed by atoms with Crippen molar-refractivity contribution in [2.24, 2.45) is 0 Å². The zero-order chi connectivity index (χ0) is 21.1. The highest BCUT2D eigenvalue weighted by Gasteiger charge is 2.23. The number of rotatable bonds is 6. The van der Waals surface area contributed by atoms with Crippen LogP contribution in [0.2, 0.25) is 5.02 Å². The zero-order valence-corrected chi connectivity index (χ0v) is 17.7. The molecule has 0 spiro atoms. The first-order valence-electron chi connectivity index (χ1n) is 10.5. The number of amides is 1. The van der Waals surface area contributed by atoms with E-state index in [1.54, 1.807) is 6.07 Å². The van der Waals surface area contributed by atoms with Crippen molar-refractivity contribution in [3.63, 3.8) is 0 Å². The zero-order valence-electron chi connectivity index (χ0n) is 16.9. The van der Waals surface area contributed by atoms with Crippen LogP contribution in [0.1, 0.15) is 42.1 Å². The van der Waals surface area contributed by atoms with E-state index in [9.17, 15) is 15.0 Å². The number of nitrogens with zero attached hydrogens (tertiary/aromatic N) is 1. The molecule has 4 N–H and O–H groups in total. The van der Waals surface area contributed by atoms with Crippen LogP contribution in [0.5, 0.6) is 0 Å². The molecule has 7 heteroatoms. The van der Waals surface area contributed by atoms with Gasteiger partial charge in [0.2, 0.25) is 5.91 Å². The number of carbonyl (C=O) groups is 1. The first kappa shape index (κ1) is 21.1. The minimum atomic E-state index is -0.374. The van der Waals surface area contributed by atoms with Crippen molar-refractivity contribution >= 4 is 28.9 Å². The lowest BCUT2D eigenvalue weighted by Crippen LogP contribution is -2.42. The fourth-order valence-electron chi connectivity index (χ4n) is 4.37. The lowest BCUT2D eigenvalue weighted by Gasteiger charge is -2.32. The van der Waals surface area contributed by atoms with Crippen molar-refractivity contribution in [3.8, 4) is 0 Å². The van der Waals surface area contributed by atoms with Gasteiger partial charge in [0.25, 0.3) is 0 Å². The maximum Gasteiger partial charge on any atom is 0.238 e. The van der Waals surface area contributed by atoms with Crippen LogP contribution in [0.4, 0.5) is 11.4 Å². The summed E-state index contributed by atoms with van der Waals surface area (Å²) in [4.78, 5) is 14.6. The average Bonchev–Trinajstić information content (AvgIpc) is 3.10. The molecule has 1 amide bonds. The molecule has 6 nitrogen and oxygen atoms in total. The Labute approximate surface area is 181 Å². The number of benzene rings is 2. The van der Waals surface area contributed by atoms with Crippen LogP contribution in [0.15, 0.2) is 36.4 Å². The Bertz CT molecular complexity index is 913. The molecule has 0 radical (unpaired) electrons. The van der Waals surface area contributed by atoms with Gasteiger partial charge in [0.05, 0.1) is 19.3 Å². The van der Waals surface area contributed by atoms with Gasteiger partial charge < -0.3 is 20.8 Å². The topological polar surface area (TPSA) is 84.8 Å². The van der Waals surface area contributed by atoms with Crippen molar-refractivity contribution in [2.75, 3.05) is 30.3 Å². The lowest BCUT2D eigenvalue weighted by atomic mass is 10.0. The molecule has 2 aromatic rings. The Kier molecular flexibility index (Phi) is 6.58. The van der Waals surface area contributed by atoms with Crippen LogP contribution in [0.25, 0.3) is 0 Å². The summed E-state index contributed by atoms with van der Waals surface area (Å²) < 4.78 is 0. The van der Waals surface area contributed by atoms with E-state index in [1.807, 2.05) is 30.3 Å². The molecule has 1 unspecified atom stereocenters. The molecule has 1 fully saturated rings. The number of piperidine rings is 1. The number of aliphatic hydroxyl groups is 2. The van der Waals surface area contributed by atoms with Crippen LogP contribution < -0.4 is 10.6 Å². The third-order valence-electron chi connectivity index (χ3n) is 6.02. The van der Waals surface area contributed by atoms with Gasteiger partial charge in [0.15, 0.2) is 0 Å². The van der Waals surface area contributed by atoms with Crippen molar-refractivity contribution in [1.29, 1.82) is 0 Å². The standard InChI is InChI=1S/C23H28ClN3O3/c24-17-2-5-21(16(11-17)14-28)25-18-7-9-27(10-8-18)13-23(30)26-19-3-4-20-15(12-19)1-6-22(20)29/h2-5,11-12,18,22,25,28-29H,1,6-10,13-14H2,(H,26,30). The summed E-state index contributed by atoms with van der Waals surface area (Å²) in [5.41, 5.74) is 4.61. The maximum absolute atomic E-state index is 12.5. The van der Waals surface area contributed by atoms with E-state index in [0.717, 1.165) is 66.8 Å². The molecule has 1 atom stereocenters. The van der Waals surface area contributed by atoms with E-state index in [2.05, 4.69) is 15.5 Å². The number of aliphatic hydroxyl groups excluding tert-OH is 2. The number of anilines is 2. The normalized spacial score (nSPS) is 19.5. The maximum atomic E-state index is 12.5. The second-order valence-electron chi connectivity index (χ2n) is 8.17. The van der Waals surface area contributed by atoms with Gasteiger partial charge in [-0.05, 0) is 67.1 Å². The molecule has 2 aromatic carbocycles. The minimum absolute atomic E-state index is 0.0137. The van der Waals surface area contributed by atoms with Crippen LogP contribution in [-0.2, 0) is 17.8 Å². The SMILES string of the molecule is O=C(CN1CCC(Nc2ccc(Cl)cc2CO)CC1)Nc1ccc2c(c1)CCC2O. The highest BCUT2D eigenvalue weighted by molar-refractivity contribution is 6.30. The highest BCUT2D eigenvalue weighted by atomic mass is 35.5. The van der Waals surface area contributed by atoms with Crippen LogP contribution in [-0.4, -0.2) is 46.7 Å². The average molecular weight is 430 g/mol. The number of likely N-dealkylation sites (tertiary alicyclic amines) is 1. The number of aryl methyl sites for hydroxylation is 1. The Hall–Kier alpha value is -2.12. The van der Waals surface area contributed by atoms with E-state index < -0.39 is 0 Å². The van der Waals surface area contributed by atoms with Gasteiger partial charge in [-0.3, -0.25) is 9.69 Å². The third-order valence-corrected chi connectivity index (χ3v) is 6.26. The second-order valence-corrected chi connectivity index (χ2v) is 8.61. The summed E-state index contributed by atoms with van der Waals surface area (Å²) in [5.74, 6) is -0.0137. The summed E-state index contributed by atoms with van der Waals surface area (Å²) in [6, 6.07) is 11.6. The monoisotopic (exact) mass is 429 g/mol. The Morgan fingerprint density at radius 1 is 1.13 bits per heavy atom. The molecule has 30 heavy (non-hydrogen) atoms. The number of fused-ring (bicyclic) bond motifs is 1. The molecule has 0 aromatic heterocycles. The van der Waals surface area contributed by atoms with E-state index >= 15 is 0 Å². The number of halogens is 1. The predicted molar refractivity (Wildman–Crippen MR) is 119 cm³/mol. The van der Waals surface area contributed by atoms with Crippen LogP contribution in [0, 0.1) is 0 Å². The summed E-state index contributed by atoms with van der Waals surface area (Å²) in [7, 11) is 0. The van der Waals surface area contributed by atoms with Gasteiger partial charge in [-0.15, -0.1) is 0 Å². The number of hydrogen-bond acceptors (Lipinski definition) is 5. The summed E-state index contributed by atoms with van der Waals surface area (Å²) in [5, 5.41) is 26.5. The first-order chi connectivity index (χ1) is 14.5. The van der Waals surface area contributed by atoms with E-state index in [4.69, 9.17) is 11.6 Å². The van der Waals surface area contributed by atoms with Gasteiger partial charge in [-0.2, -0.15) is 0 Å². The second kappa shape index (κ2) is 9.35. The van der Waals surface area contributed by atoms with Crippen LogP contribution >= 0.6 is 11.6 Å². The molecule has 1 aliphatic carbocycles. The quantitative estimate of drug-likeness (QED) is 0.566. The smallest absolute Gasteiger partial charge is 0.238 e. The molecule has 0 saturated carbocycles. The molecule has 1 aliphatic heterocycles. The van der Waals surface area contributed by atoms with Gasteiger partial charge in [-0.25, -0.2) is 0 Å². The first-order valence-corrected chi connectivity index (χ1v) is 10.9. The molecule has 0 bridgehead atoms. The van der Waals surface area contributed by atoms with Crippen LogP contribution in [0.3, 0.4) is 0 Å².